The van der Waals surface area contributed by atoms with Crippen LogP contribution in [0, 0.1) is 6.92 Å². The van der Waals surface area contributed by atoms with Crippen molar-refractivity contribution >= 4 is 23.2 Å². The van der Waals surface area contributed by atoms with Gasteiger partial charge in [0, 0.05) is 16.9 Å². The van der Waals surface area contributed by atoms with Crippen molar-refractivity contribution in [3.8, 4) is 0 Å². The number of carbonyl (C=O) groups excluding carboxylic acids is 1. The van der Waals surface area contributed by atoms with E-state index in [2.05, 4.69) is 10.3 Å². The second-order valence-corrected chi connectivity index (χ2v) is 4.07. The zero-order valence-electron chi connectivity index (χ0n) is 9.27. The fourth-order valence-electron chi connectivity index (χ4n) is 1.45. The molecule has 1 aromatic carbocycles. The predicted molar refractivity (Wildman–Crippen MR) is 68.4 cm³/mol. The summed E-state index contributed by atoms with van der Waals surface area (Å²) in [5.41, 5.74) is 1.98. The van der Waals surface area contributed by atoms with Crippen molar-refractivity contribution in [2.45, 2.75) is 6.92 Å². The highest BCUT2D eigenvalue weighted by molar-refractivity contribution is 6.30. The van der Waals surface area contributed by atoms with Crippen LogP contribution in [0.25, 0.3) is 0 Å². The first kappa shape index (κ1) is 11.6. The number of pyridine rings is 1. The number of hydrogen-bond acceptors (Lipinski definition) is 2. The topological polar surface area (TPSA) is 42.0 Å². The molecular formula is C13H11ClN2O. The third kappa shape index (κ3) is 2.82. The lowest BCUT2D eigenvalue weighted by atomic mass is 10.2. The second-order valence-electron chi connectivity index (χ2n) is 3.63. The monoisotopic (exact) mass is 246 g/mol. The molecule has 1 amide bonds. The Bertz CT molecular complexity index is 537. The largest absolute Gasteiger partial charge is 0.321 e. The molecule has 0 saturated carbocycles. The van der Waals surface area contributed by atoms with Gasteiger partial charge in [0.15, 0.2) is 0 Å². The molecule has 1 N–H and O–H groups in total. The molecule has 0 bridgehead atoms. The summed E-state index contributed by atoms with van der Waals surface area (Å²) < 4.78 is 0. The maximum atomic E-state index is 11.9. The second kappa shape index (κ2) is 4.97. The van der Waals surface area contributed by atoms with Gasteiger partial charge in [0.1, 0.15) is 5.69 Å². The van der Waals surface area contributed by atoms with Crippen LogP contribution in [0.5, 0.6) is 0 Å². The Morgan fingerprint density at radius 2 is 1.94 bits per heavy atom. The molecule has 17 heavy (non-hydrogen) atoms. The fourth-order valence-corrected chi connectivity index (χ4v) is 1.57. The van der Waals surface area contributed by atoms with Crippen molar-refractivity contribution < 1.29 is 4.79 Å². The molecule has 0 spiro atoms. The lowest BCUT2D eigenvalue weighted by Gasteiger charge is -2.06. The lowest BCUT2D eigenvalue weighted by molar-refractivity contribution is 0.102. The number of aromatic nitrogens is 1. The predicted octanol–water partition coefficient (Wildman–Crippen LogP) is 3.30. The van der Waals surface area contributed by atoms with E-state index >= 15 is 0 Å². The Kier molecular flexibility index (Phi) is 3.40. The van der Waals surface area contributed by atoms with E-state index in [1.54, 1.807) is 36.5 Å². The Labute approximate surface area is 104 Å². The van der Waals surface area contributed by atoms with E-state index < -0.39 is 0 Å². The van der Waals surface area contributed by atoms with Crippen molar-refractivity contribution in [2.24, 2.45) is 0 Å². The van der Waals surface area contributed by atoms with Gasteiger partial charge >= 0.3 is 0 Å². The van der Waals surface area contributed by atoms with Crippen molar-refractivity contribution in [1.82, 2.24) is 4.98 Å². The summed E-state index contributed by atoms with van der Waals surface area (Å²) in [6.45, 7) is 1.85. The number of amides is 1. The van der Waals surface area contributed by atoms with Crippen LogP contribution < -0.4 is 5.32 Å². The van der Waals surface area contributed by atoms with Crippen LogP contribution in [-0.4, -0.2) is 10.9 Å². The van der Waals surface area contributed by atoms with Gasteiger partial charge in [-0.3, -0.25) is 9.78 Å². The van der Waals surface area contributed by atoms with Gasteiger partial charge in [-0.25, -0.2) is 0 Å². The minimum atomic E-state index is -0.217. The highest BCUT2D eigenvalue weighted by Crippen LogP contribution is 2.14. The van der Waals surface area contributed by atoms with E-state index in [4.69, 9.17) is 11.6 Å². The first-order valence-corrected chi connectivity index (χ1v) is 5.53. The summed E-state index contributed by atoms with van der Waals surface area (Å²) in [6.07, 6.45) is 1.60. The third-order valence-electron chi connectivity index (χ3n) is 2.33. The Balaban J connectivity index is 2.17. The van der Waals surface area contributed by atoms with Crippen molar-refractivity contribution in [3.63, 3.8) is 0 Å². The van der Waals surface area contributed by atoms with Gasteiger partial charge < -0.3 is 5.32 Å². The van der Waals surface area contributed by atoms with Gasteiger partial charge in [0.05, 0.1) is 0 Å². The molecule has 0 unspecified atom stereocenters. The Hall–Kier alpha value is -1.87. The van der Waals surface area contributed by atoms with Crippen LogP contribution in [0.2, 0.25) is 5.02 Å². The molecule has 1 heterocycles. The van der Waals surface area contributed by atoms with E-state index in [0.29, 0.717) is 16.4 Å². The average Bonchev–Trinajstić information content (AvgIpc) is 2.32. The molecule has 0 aliphatic rings. The van der Waals surface area contributed by atoms with Crippen LogP contribution in [0.3, 0.4) is 0 Å². The molecular weight excluding hydrogens is 236 g/mol. The fraction of sp³-hybridized carbons (Fsp3) is 0.0769. The first-order chi connectivity index (χ1) is 8.16. The van der Waals surface area contributed by atoms with Crippen LogP contribution in [0.15, 0.2) is 42.6 Å². The van der Waals surface area contributed by atoms with Crippen molar-refractivity contribution in [1.29, 1.82) is 0 Å². The quantitative estimate of drug-likeness (QED) is 0.884. The zero-order valence-corrected chi connectivity index (χ0v) is 10.0. The van der Waals surface area contributed by atoms with E-state index in [-0.39, 0.29) is 5.91 Å². The van der Waals surface area contributed by atoms with Crippen LogP contribution in [0.1, 0.15) is 16.1 Å². The maximum absolute atomic E-state index is 11.9. The number of carbonyl (C=O) groups is 1. The third-order valence-corrected chi connectivity index (χ3v) is 2.58. The summed E-state index contributed by atoms with van der Waals surface area (Å²) in [7, 11) is 0. The summed E-state index contributed by atoms with van der Waals surface area (Å²) in [5, 5.41) is 3.40. The molecule has 0 atom stereocenters. The van der Waals surface area contributed by atoms with Crippen LogP contribution in [-0.2, 0) is 0 Å². The smallest absolute Gasteiger partial charge is 0.274 e. The number of anilines is 1. The van der Waals surface area contributed by atoms with Crippen LogP contribution in [0.4, 0.5) is 5.69 Å². The highest BCUT2D eigenvalue weighted by atomic mass is 35.5. The van der Waals surface area contributed by atoms with Crippen LogP contribution >= 0.6 is 11.6 Å². The molecule has 2 rings (SSSR count). The van der Waals surface area contributed by atoms with Gasteiger partial charge in [-0.15, -0.1) is 0 Å². The number of benzene rings is 1. The molecule has 4 heteroatoms. The molecule has 1 aromatic heterocycles. The van der Waals surface area contributed by atoms with E-state index in [1.807, 2.05) is 13.0 Å². The molecule has 0 aliphatic heterocycles. The zero-order chi connectivity index (χ0) is 12.3. The molecule has 0 fully saturated rings. The number of nitrogens with one attached hydrogen (secondary N) is 1. The minimum Gasteiger partial charge on any atom is -0.321 e. The highest BCUT2D eigenvalue weighted by Gasteiger charge is 2.09. The summed E-state index contributed by atoms with van der Waals surface area (Å²) in [6, 6.07) is 10.6. The Morgan fingerprint density at radius 1 is 1.24 bits per heavy atom. The number of halogens is 1. The van der Waals surface area contributed by atoms with Gasteiger partial charge in [-0.05, 0) is 42.8 Å². The van der Waals surface area contributed by atoms with Gasteiger partial charge in [-0.1, -0.05) is 17.7 Å². The summed E-state index contributed by atoms with van der Waals surface area (Å²) >= 11 is 5.77. The molecule has 86 valence electrons. The van der Waals surface area contributed by atoms with Gasteiger partial charge in [-0.2, -0.15) is 0 Å². The molecule has 0 aliphatic carbocycles. The summed E-state index contributed by atoms with van der Waals surface area (Å²) in [4.78, 5) is 16.0. The van der Waals surface area contributed by atoms with Gasteiger partial charge in [0.25, 0.3) is 5.91 Å². The normalized spacial score (nSPS) is 10.0. The molecule has 0 radical (unpaired) electrons. The van der Waals surface area contributed by atoms with Crippen molar-refractivity contribution in [3.05, 3.63) is 58.9 Å². The molecule has 0 saturated heterocycles. The molecule has 2 aromatic rings. The van der Waals surface area contributed by atoms with Crippen molar-refractivity contribution in [2.75, 3.05) is 5.32 Å². The van der Waals surface area contributed by atoms with E-state index in [1.165, 1.54) is 0 Å². The number of rotatable bonds is 2. The maximum Gasteiger partial charge on any atom is 0.274 e. The minimum absolute atomic E-state index is 0.217. The number of hydrogen-bond donors (Lipinski definition) is 1. The Morgan fingerprint density at radius 3 is 2.59 bits per heavy atom. The van der Waals surface area contributed by atoms with E-state index in [9.17, 15) is 4.79 Å². The van der Waals surface area contributed by atoms with E-state index in [0.717, 1.165) is 5.56 Å². The standard InChI is InChI=1S/C13H11ClN2O/c1-9-3-2-8-15-12(9)13(17)16-11-6-4-10(14)5-7-11/h2-8H,1H3,(H,16,17). The summed E-state index contributed by atoms with van der Waals surface area (Å²) in [5.74, 6) is -0.217. The number of nitrogens with zero attached hydrogens (tertiary/aromatic N) is 1. The lowest BCUT2D eigenvalue weighted by Crippen LogP contribution is -2.14. The average molecular weight is 247 g/mol. The molecule has 3 nitrogen and oxygen atoms in total. The number of aryl methyl sites for hydroxylation is 1. The van der Waals surface area contributed by atoms with Gasteiger partial charge in [0.2, 0.25) is 0 Å². The SMILES string of the molecule is Cc1cccnc1C(=O)Nc1ccc(Cl)cc1. The first-order valence-electron chi connectivity index (χ1n) is 5.15.